The lowest BCUT2D eigenvalue weighted by Crippen LogP contribution is -2.32. The highest BCUT2D eigenvalue weighted by Crippen LogP contribution is 2.37. The summed E-state index contributed by atoms with van der Waals surface area (Å²) in [6.07, 6.45) is 7.40. The van der Waals surface area contributed by atoms with Gasteiger partial charge in [0.05, 0.1) is 6.61 Å². The summed E-state index contributed by atoms with van der Waals surface area (Å²) in [4.78, 5) is 0. The first kappa shape index (κ1) is 11.1. The Hall–Kier alpha value is -1.02. The molecule has 0 unspecified atom stereocenters. The summed E-state index contributed by atoms with van der Waals surface area (Å²) in [5.41, 5.74) is 7.62. The zero-order chi connectivity index (χ0) is 11.7. The maximum absolute atomic E-state index is 6.46. The molecule has 17 heavy (non-hydrogen) atoms. The zero-order valence-electron chi connectivity index (χ0n) is 10.3. The molecule has 0 bridgehead atoms. The normalized spacial score (nSPS) is 22.6. The fraction of sp³-hybridized carbons (Fsp3) is 0.600. The van der Waals surface area contributed by atoms with Gasteiger partial charge < -0.3 is 10.5 Å². The Labute approximate surface area is 103 Å². The second kappa shape index (κ2) is 4.34. The SMILES string of the molecule is NC1(c2cccc(OCC3CC3)c2)CCCC1. The van der Waals surface area contributed by atoms with Crippen LogP contribution in [0.1, 0.15) is 44.1 Å². The lowest BCUT2D eigenvalue weighted by molar-refractivity contribution is 0.298. The van der Waals surface area contributed by atoms with Crippen molar-refractivity contribution >= 4 is 0 Å². The van der Waals surface area contributed by atoms with Crippen molar-refractivity contribution in [3.8, 4) is 5.75 Å². The van der Waals surface area contributed by atoms with E-state index < -0.39 is 0 Å². The molecule has 0 atom stereocenters. The Balaban J connectivity index is 1.73. The molecule has 2 aliphatic rings. The quantitative estimate of drug-likeness (QED) is 0.863. The predicted octanol–water partition coefficient (Wildman–Crippen LogP) is 3.20. The van der Waals surface area contributed by atoms with Crippen LogP contribution in [0.5, 0.6) is 5.75 Å². The standard InChI is InChI=1S/C15H21NO/c16-15(8-1-2-9-15)13-4-3-5-14(10-13)17-11-12-6-7-12/h3-5,10,12H,1-2,6-9,11,16H2. The number of rotatable bonds is 4. The largest absolute Gasteiger partial charge is 0.493 e. The van der Waals surface area contributed by atoms with E-state index in [4.69, 9.17) is 10.5 Å². The van der Waals surface area contributed by atoms with Crippen LogP contribution in [0.25, 0.3) is 0 Å². The van der Waals surface area contributed by atoms with E-state index in [1.165, 1.54) is 31.2 Å². The molecule has 0 saturated heterocycles. The van der Waals surface area contributed by atoms with E-state index in [9.17, 15) is 0 Å². The zero-order valence-corrected chi connectivity index (χ0v) is 10.3. The van der Waals surface area contributed by atoms with Gasteiger partial charge in [0.1, 0.15) is 5.75 Å². The molecule has 1 aromatic carbocycles. The molecule has 2 nitrogen and oxygen atoms in total. The van der Waals surface area contributed by atoms with Gasteiger partial charge in [-0.1, -0.05) is 25.0 Å². The summed E-state index contributed by atoms with van der Waals surface area (Å²) < 4.78 is 5.82. The lowest BCUT2D eigenvalue weighted by Gasteiger charge is -2.24. The molecule has 2 heteroatoms. The van der Waals surface area contributed by atoms with Gasteiger partial charge in [0, 0.05) is 5.54 Å². The molecule has 0 spiro atoms. The van der Waals surface area contributed by atoms with Crippen molar-refractivity contribution in [3.05, 3.63) is 29.8 Å². The number of hydrogen-bond donors (Lipinski definition) is 1. The third-order valence-electron chi connectivity index (χ3n) is 4.09. The highest BCUT2D eigenvalue weighted by Gasteiger charge is 2.31. The Bertz CT molecular complexity index is 392. The molecular weight excluding hydrogens is 210 g/mol. The maximum atomic E-state index is 6.46. The lowest BCUT2D eigenvalue weighted by atomic mass is 9.89. The van der Waals surface area contributed by atoms with E-state index in [0.717, 1.165) is 31.1 Å². The molecule has 2 N–H and O–H groups in total. The molecule has 1 aromatic rings. The molecule has 3 rings (SSSR count). The topological polar surface area (TPSA) is 35.2 Å². The van der Waals surface area contributed by atoms with Gasteiger partial charge in [0.2, 0.25) is 0 Å². The van der Waals surface area contributed by atoms with Gasteiger partial charge in [0.25, 0.3) is 0 Å². The number of nitrogens with two attached hydrogens (primary N) is 1. The monoisotopic (exact) mass is 231 g/mol. The van der Waals surface area contributed by atoms with Crippen molar-refractivity contribution in [2.24, 2.45) is 11.7 Å². The van der Waals surface area contributed by atoms with Crippen LogP contribution in [0.15, 0.2) is 24.3 Å². The van der Waals surface area contributed by atoms with Gasteiger partial charge in [-0.3, -0.25) is 0 Å². The predicted molar refractivity (Wildman–Crippen MR) is 69.0 cm³/mol. The third-order valence-corrected chi connectivity index (χ3v) is 4.09. The first-order valence-corrected chi connectivity index (χ1v) is 6.78. The van der Waals surface area contributed by atoms with Crippen molar-refractivity contribution in [2.45, 2.75) is 44.1 Å². The Kier molecular flexibility index (Phi) is 2.83. The molecule has 0 aromatic heterocycles. The first-order chi connectivity index (χ1) is 8.26. The Morgan fingerprint density at radius 1 is 1.24 bits per heavy atom. The molecule has 0 amide bonds. The van der Waals surface area contributed by atoms with Crippen molar-refractivity contribution in [1.29, 1.82) is 0 Å². The number of ether oxygens (including phenoxy) is 1. The van der Waals surface area contributed by atoms with E-state index in [2.05, 4.69) is 18.2 Å². The van der Waals surface area contributed by atoms with E-state index in [0.29, 0.717) is 0 Å². The average Bonchev–Trinajstić information content (AvgIpc) is 3.08. The van der Waals surface area contributed by atoms with E-state index >= 15 is 0 Å². The van der Waals surface area contributed by atoms with Gasteiger partial charge in [-0.15, -0.1) is 0 Å². The smallest absolute Gasteiger partial charge is 0.119 e. The van der Waals surface area contributed by atoms with Crippen LogP contribution in [0, 0.1) is 5.92 Å². The Morgan fingerprint density at radius 3 is 2.71 bits per heavy atom. The van der Waals surface area contributed by atoms with Crippen LogP contribution in [-0.2, 0) is 5.54 Å². The van der Waals surface area contributed by atoms with Crippen molar-refractivity contribution in [2.75, 3.05) is 6.61 Å². The first-order valence-electron chi connectivity index (χ1n) is 6.78. The summed E-state index contributed by atoms with van der Waals surface area (Å²) in [7, 11) is 0. The Morgan fingerprint density at radius 2 is 2.00 bits per heavy atom. The number of benzene rings is 1. The van der Waals surface area contributed by atoms with Crippen molar-refractivity contribution in [1.82, 2.24) is 0 Å². The molecule has 2 aliphatic carbocycles. The highest BCUT2D eigenvalue weighted by atomic mass is 16.5. The van der Waals surface area contributed by atoms with E-state index in [1.54, 1.807) is 0 Å². The molecule has 2 saturated carbocycles. The van der Waals surface area contributed by atoms with Gasteiger partial charge >= 0.3 is 0 Å². The van der Waals surface area contributed by atoms with E-state index in [1.807, 2.05) is 6.07 Å². The maximum Gasteiger partial charge on any atom is 0.119 e. The second-order valence-corrected chi connectivity index (χ2v) is 5.65. The van der Waals surface area contributed by atoms with Crippen LogP contribution >= 0.6 is 0 Å². The van der Waals surface area contributed by atoms with Crippen molar-refractivity contribution in [3.63, 3.8) is 0 Å². The summed E-state index contributed by atoms with van der Waals surface area (Å²) in [6, 6.07) is 8.41. The van der Waals surface area contributed by atoms with Crippen LogP contribution in [-0.4, -0.2) is 6.61 Å². The fourth-order valence-electron chi connectivity index (χ4n) is 2.69. The molecule has 2 fully saturated rings. The second-order valence-electron chi connectivity index (χ2n) is 5.65. The van der Waals surface area contributed by atoms with Gasteiger partial charge in [-0.2, -0.15) is 0 Å². The molecular formula is C15H21NO. The minimum atomic E-state index is -0.0983. The summed E-state index contributed by atoms with van der Waals surface area (Å²) in [6.45, 7) is 0.876. The highest BCUT2D eigenvalue weighted by molar-refractivity contribution is 5.33. The third kappa shape index (κ3) is 2.47. The van der Waals surface area contributed by atoms with Crippen LogP contribution in [0.4, 0.5) is 0 Å². The van der Waals surface area contributed by atoms with Crippen LogP contribution in [0.3, 0.4) is 0 Å². The number of hydrogen-bond acceptors (Lipinski definition) is 2. The molecule has 92 valence electrons. The van der Waals surface area contributed by atoms with Crippen molar-refractivity contribution < 1.29 is 4.74 Å². The molecule has 0 radical (unpaired) electrons. The minimum absolute atomic E-state index is 0.0983. The summed E-state index contributed by atoms with van der Waals surface area (Å²) in [5.74, 6) is 1.79. The molecule has 0 heterocycles. The van der Waals surface area contributed by atoms with Crippen LogP contribution < -0.4 is 10.5 Å². The van der Waals surface area contributed by atoms with Crippen LogP contribution in [0.2, 0.25) is 0 Å². The molecule has 0 aliphatic heterocycles. The van der Waals surface area contributed by atoms with Gasteiger partial charge in [-0.25, -0.2) is 0 Å². The van der Waals surface area contributed by atoms with Gasteiger partial charge in [0.15, 0.2) is 0 Å². The van der Waals surface area contributed by atoms with Gasteiger partial charge in [-0.05, 0) is 49.3 Å². The fourth-order valence-corrected chi connectivity index (χ4v) is 2.69. The van der Waals surface area contributed by atoms with E-state index in [-0.39, 0.29) is 5.54 Å². The minimum Gasteiger partial charge on any atom is -0.493 e. The summed E-state index contributed by atoms with van der Waals surface area (Å²) in [5, 5.41) is 0. The summed E-state index contributed by atoms with van der Waals surface area (Å²) >= 11 is 0. The average molecular weight is 231 g/mol.